The van der Waals surface area contributed by atoms with E-state index in [-0.39, 0.29) is 11.9 Å². The normalized spacial score (nSPS) is 17.8. The summed E-state index contributed by atoms with van der Waals surface area (Å²) in [7, 11) is 0. The first kappa shape index (κ1) is 14.8. The highest BCUT2D eigenvalue weighted by Gasteiger charge is 2.22. The SMILES string of the molecule is Cc1c(N)cc(C(=O)NC(C)C2CCCCC2)cc1F. The number of amides is 1. The van der Waals surface area contributed by atoms with Gasteiger partial charge in [0.1, 0.15) is 5.82 Å². The van der Waals surface area contributed by atoms with Gasteiger partial charge in [-0.3, -0.25) is 4.79 Å². The topological polar surface area (TPSA) is 55.1 Å². The second-order valence-corrected chi connectivity index (χ2v) is 5.83. The molecule has 1 aromatic rings. The van der Waals surface area contributed by atoms with Crippen LogP contribution in [-0.4, -0.2) is 11.9 Å². The molecule has 0 aromatic heterocycles. The number of carbonyl (C=O) groups excluding carboxylic acids is 1. The van der Waals surface area contributed by atoms with Crippen molar-refractivity contribution in [2.24, 2.45) is 5.92 Å². The van der Waals surface area contributed by atoms with Gasteiger partial charge in [-0.25, -0.2) is 4.39 Å². The van der Waals surface area contributed by atoms with E-state index in [0.29, 0.717) is 22.7 Å². The van der Waals surface area contributed by atoms with Crippen LogP contribution in [0.15, 0.2) is 12.1 Å². The molecule has 0 spiro atoms. The number of nitrogens with two attached hydrogens (primary N) is 1. The van der Waals surface area contributed by atoms with Crippen molar-refractivity contribution in [3.8, 4) is 0 Å². The maximum atomic E-state index is 13.6. The summed E-state index contributed by atoms with van der Waals surface area (Å²) in [5.74, 6) is -0.144. The maximum absolute atomic E-state index is 13.6. The Bertz CT molecular complexity index is 472. The molecule has 3 N–H and O–H groups in total. The van der Waals surface area contributed by atoms with Crippen molar-refractivity contribution < 1.29 is 9.18 Å². The van der Waals surface area contributed by atoms with Crippen molar-refractivity contribution >= 4 is 11.6 Å². The molecule has 4 heteroatoms. The molecule has 20 heavy (non-hydrogen) atoms. The van der Waals surface area contributed by atoms with Gasteiger partial charge in [0.25, 0.3) is 5.91 Å². The summed E-state index contributed by atoms with van der Waals surface area (Å²) >= 11 is 0. The van der Waals surface area contributed by atoms with E-state index in [1.54, 1.807) is 13.0 Å². The van der Waals surface area contributed by atoms with Crippen LogP contribution in [0, 0.1) is 18.7 Å². The van der Waals surface area contributed by atoms with E-state index >= 15 is 0 Å². The molecule has 0 saturated heterocycles. The van der Waals surface area contributed by atoms with Gasteiger partial charge >= 0.3 is 0 Å². The predicted octanol–water partition coefficient (Wildman–Crippen LogP) is 3.41. The van der Waals surface area contributed by atoms with E-state index in [2.05, 4.69) is 5.32 Å². The number of anilines is 1. The van der Waals surface area contributed by atoms with Crippen LogP contribution in [0.5, 0.6) is 0 Å². The number of hydrogen-bond donors (Lipinski definition) is 2. The highest BCUT2D eigenvalue weighted by atomic mass is 19.1. The Morgan fingerprint density at radius 3 is 2.60 bits per heavy atom. The van der Waals surface area contributed by atoms with E-state index in [1.807, 2.05) is 6.92 Å². The molecule has 110 valence electrons. The zero-order chi connectivity index (χ0) is 14.7. The Morgan fingerprint density at radius 2 is 2.00 bits per heavy atom. The van der Waals surface area contributed by atoms with Crippen molar-refractivity contribution in [2.45, 2.75) is 52.0 Å². The fraction of sp³-hybridized carbons (Fsp3) is 0.562. The summed E-state index contributed by atoms with van der Waals surface area (Å²) in [6.45, 7) is 3.64. The van der Waals surface area contributed by atoms with Crippen molar-refractivity contribution in [3.05, 3.63) is 29.1 Å². The van der Waals surface area contributed by atoms with E-state index in [0.717, 1.165) is 12.8 Å². The molecule has 3 nitrogen and oxygen atoms in total. The summed E-state index contributed by atoms with van der Waals surface area (Å²) in [6, 6.07) is 2.92. The Morgan fingerprint density at radius 1 is 1.35 bits per heavy atom. The number of halogens is 1. The molecular formula is C16H23FN2O. The van der Waals surface area contributed by atoms with Gasteiger partial charge in [0.15, 0.2) is 0 Å². The number of hydrogen-bond acceptors (Lipinski definition) is 2. The zero-order valence-electron chi connectivity index (χ0n) is 12.2. The van der Waals surface area contributed by atoms with Crippen LogP contribution < -0.4 is 11.1 Å². The Balaban J connectivity index is 2.04. The van der Waals surface area contributed by atoms with Gasteiger partial charge in [0, 0.05) is 22.9 Å². The third-order valence-electron chi connectivity index (χ3n) is 4.36. The maximum Gasteiger partial charge on any atom is 0.251 e. The minimum absolute atomic E-state index is 0.119. The van der Waals surface area contributed by atoms with Crippen molar-refractivity contribution in [1.29, 1.82) is 0 Å². The average molecular weight is 278 g/mol. The molecule has 1 unspecified atom stereocenters. The lowest BCUT2D eigenvalue weighted by Gasteiger charge is -2.28. The summed E-state index contributed by atoms with van der Waals surface area (Å²) in [5, 5.41) is 2.98. The van der Waals surface area contributed by atoms with Gasteiger partial charge in [0.05, 0.1) is 0 Å². The molecule has 1 aromatic carbocycles. The first-order chi connectivity index (χ1) is 9.49. The molecular weight excluding hydrogens is 255 g/mol. The quantitative estimate of drug-likeness (QED) is 0.832. The summed E-state index contributed by atoms with van der Waals surface area (Å²) in [4.78, 5) is 12.2. The van der Waals surface area contributed by atoms with Gasteiger partial charge in [0.2, 0.25) is 0 Å². The molecule has 1 aliphatic carbocycles. The van der Waals surface area contributed by atoms with Gasteiger partial charge < -0.3 is 11.1 Å². The molecule has 0 aliphatic heterocycles. The number of nitrogen functional groups attached to an aromatic ring is 1. The van der Waals surface area contributed by atoms with Crippen LogP contribution in [-0.2, 0) is 0 Å². The standard InChI is InChI=1S/C16H23FN2O/c1-10-14(17)8-13(9-15(10)18)16(20)19-11(2)12-6-4-3-5-7-12/h8-9,11-12H,3-7,18H2,1-2H3,(H,19,20). The smallest absolute Gasteiger partial charge is 0.251 e. The third-order valence-corrected chi connectivity index (χ3v) is 4.36. The van der Waals surface area contributed by atoms with Gasteiger partial charge in [-0.15, -0.1) is 0 Å². The molecule has 0 radical (unpaired) electrons. The van der Waals surface area contributed by atoms with E-state index < -0.39 is 5.82 Å². The van der Waals surface area contributed by atoms with Crippen LogP contribution in [0.4, 0.5) is 10.1 Å². The molecule has 1 atom stereocenters. The molecule has 1 aliphatic rings. The minimum atomic E-state index is -0.430. The van der Waals surface area contributed by atoms with E-state index in [9.17, 15) is 9.18 Å². The molecule has 2 rings (SSSR count). The van der Waals surface area contributed by atoms with Crippen LogP contribution in [0.2, 0.25) is 0 Å². The lowest BCUT2D eigenvalue weighted by atomic mass is 9.84. The number of rotatable bonds is 3. The van der Waals surface area contributed by atoms with Crippen molar-refractivity contribution in [1.82, 2.24) is 5.32 Å². The lowest BCUT2D eigenvalue weighted by Crippen LogP contribution is -2.39. The fourth-order valence-electron chi connectivity index (χ4n) is 2.87. The number of benzene rings is 1. The highest BCUT2D eigenvalue weighted by Crippen LogP contribution is 2.26. The second kappa shape index (κ2) is 6.25. The van der Waals surface area contributed by atoms with Crippen LogP contribution in [0.25, 0.3) is 0 Å². The van der Waals surface area contributed by atoms with Crippen molar-refractivity contribution in [3.63, 3.8) is 0 Å². The first-order valence-corrected chi connectivity index (χ1v) is 7.35. The van der Waals surface area contributed by atoms with Gasteiger partial charge in [-0.1, -0.05) is 19.3 Å². The lowest BCUT2D eigenvalue weighted by molar-refractivity contribution is 0.0919. The van der Waals surface area contributed by atoms with E-state index in [4.69, 9.17) is 5.73 Å². The Kier molecular flexibility index (Phi) is 4.63. The summed E-state index contributed by atoms with van der Waals surface area (Å²) in [6.07, 6.45) is 6.07. The fourth-order valence-corrected chi connectivity index (χ4v) is 2.87. The largest absolute Gasteiger partial charge is 0.398 e. The first-order valence-electron chi connectivity index (χ1n) is 7.35. The molecule has 0 bridgehead atoms. The van der Waals surface area contributed by atoms with Gasteiger partial charge in [-0.05, 0) is 44.7 Å². The molecule has 1 fully saturated rings. The molecule has 1 amide bonds. The molecule has 0 heterocycles. The Hall–Kier alpha value is -1.58. The monoisotopic (exact) mass is 278 g/mol. The van der Waals surface area contributed by atoms with Crippen LogP contribution >= 0.6 is 0 Å². The highest BCUT2D eigenvalue weighted by molar-refractivity contribution is 5.95. The minimum Gasteiger partial charge on any atom is -0.398 e. The van der Waals surface area contributed by atoms with Gasteiger partial charge in [-0.2, -0.15) is 0 Å². The van der Waals surface area contributed by atoms with Crippen LogP contribution in [0.3, 0.4) is 0 Å². The number of nitrogens with one attached hydrogen (secondary N) is 1. The average Bonchev–Trinajstić information content (AvgIpc) is 2.45. The predicted molar refractivity (Wildman–Crippen MR) is 79.1 cm³/mol. The second-order valence-electron chi connectivity index (χ2n) is 5.83. The third kappa shape index (κ3) is 3.30. The van der Waals surface area contributed by atoms with Crippen molar-refractivity contribution in [2.75, 3.05) is 5.73 Å². The number of carbonyl (C=O) groups is 1. The molecule has 1 saturated carbocycles. The van der Waals surface area contributed by atoms with Crippen LogP contribution in [0.1, 0.15) is 54.9 Å². The Labute approximate surface area is 119 Å². The zero-order valence-corrected chi connectivity index (χ0v) is 12.2. The summed E-state index contributed by atoms with van der Waals surface area (Å²) < 4.78 is 13.6. The summed E-state index contributed by atoms with van der Waals surface area (Å²) in [5.41, 5.74) is 6.72. The van der Waals surface area contributed by atoms with E-state index in [1.165, 1.54) is 25.3 Å².